The number of thioether (sulfide) groups is 1. The van der Waals surface area contributed by atoms with Gasteiger partial charge in [0, 0.05) is 11.4 Å². The fraction of sp³-hybridized carbons (Fsp3) is 0.316. The summed E-state index contributed by atoms with van der Waals surface area (Å²) in [5.74, 6) is 1.93. The van der Waals surface area contributed by atoms with Crippen LogP contribution in [0.2, 0.25) is 0 Å². The summed E-state index contributed by atoms with van der Waals surface area (Å²) in [6, 6.07) is 10.0. The monoisotopic (exact) mass is 343 g/mol. The smallest absolute Gasteiger partial charge is 0.231 e. The van der Waals surface area contributed by atoms with Gasteiger partial charge in [-0.2, -0.15) is 0 Å². The highest BCUT2D eigenvalue weighted by Crippen LogP contribution is 2.32. The van der Waals surface area contributed by atoms with Gasteiger partial charge < -0.3 is 14.8 Å². The molecule has 1 amide bonds. The van der Waals surface area contributed by atoms with E-state index < -0.39 is 0 Å². The Kier molecular flexibility index (Phi) is 5.00. The Labute approximate surface area is 146 Å². The number of ether oxygens (including phenoxy) is 2. The van der Waals surface area contributed by atoms with Crippen molar-refractivity contribution in [3.8, 4) is 11.5 Å². The molecule has 5 heteroatoms. The molecule has 0 aliphatic carbocycles. The first-order valence-electron chi connectivity index (χ1n) is 7.89. The molecule has 24 heavy (non-hydrogen) atoms. The summed E-state index contributed by atoms with van der Waals surface area (Å²) >= 11 is 1.59. The molecule has 3 rings (SSSR count). The number of aryl methyl sites for hydroxylation is 3. The highest BCUT2D eigenvalue weighted by atomic mass is 32.2. The molecule has 1 N–H and O–H groups in total. The molecule has 0 spiro atoms. The van der Waals surface area contributed by atoms with E-state index in [1.807, 2.05) is 18.2 Å². The molecule has 2 aromatic carbocycles. The topological polar surface area (TPSA) is 47.6 Å². The number of rotatable bonds is 5. The van der Waals surface area contributed by atoms with Gasteiger partial charge in [0.05, 0.1) is 5.75 Å². The molecule has 4 nitrogen and oxygen atoms in total. The molecular formula is C19H21NO3S. The fourth-order valence-corrected chi connectivity index (χ4v) is 3.79. The molecule has 1 heterocycles. The van der Waals surface area contributed by atoms with E-state index in [9.17, 15) is 4.79 Å². The predicted molar refractivity (Wildman–Crippen MR) is 95.8 cm³/mol. The maximum absolute atomic E-state index is 12.1. The van der Waals surface area contributed by atoms with Gasteiger partial charge in [-0.15, -0.1) is 11.8 Å². The maximum Gasteiger partial charge on any atom is 0.231 e. The zero-order valence-electron chi connectivity index (χ0n) is 14.1. The summed E-state index contributed by atoms with van der Waals surface area (Å²) in [5.41, 5.74) is 4.70. The molecule has 126 valence electrons. The van der Waals surface area contributed by atoms with E-state index >= 15 is 0 Å². The molecule has 0 bridgehead atoms. The van der Waals surface area contributed by atoms with Crippen LogP contribution in [-0.4, -0.2) is 18.5 Å². The van der Waals surface area contributed by atoms with Gasteiger partial charge in [-0.3, -0.25) is 4.79 Å². The standard InChI is InChI=1S/C19H21NO3S/c1-12-6-13(2)19(14(3)7-12)24-10-18(21)20-9-15-4-5-16-17(8-15)23-11-22-16/h4-8H,9-11H2,1-3H3,(H,20,21). The molecule has 0 saturated carbocycles. The third-order valence-corrected chi connectivity index (χ3v) is 5.22. The Balaban J connectivity index is 1.53. The quantitative estimate of drug-likeness (QED) is 0.840. The normalized spacial score (nSPS) is 12.3. The Morgan fingerprint density at radius 3 is 2.54 bits per heavy atom. The lowest BCUT2D eigenvalue weighted by atomic mass is 10.1. The first kappa shape index (κ1) is 16.7. The second-order valence-corrected chi connectivity index (χ2v) is 6.97. The zero-order chi connectivity index (χ0) is 17.1. The molecule has 0 fully saturated rings. The molecule has 1 aliphatic rings. The van der Waals surface area contributed by atoms with E-state index in [0.29, 0.717) is 12.3 Å². The van der Waals surface area contributed by atoms with E-state index in [1.165, 1.54) is 21.6 Å². The van der Waals surface area contributed by atoms with Crippen LogP contribution in [0, 0.1) is 20.8 Å². The van der Waals surface area contributed by atoms with Crippen molar-refractivity contribution in [2.24, 2.45) is 0 Å². The van der Waals surface area contributed by atoms with Crippen molar-refractivity contribution in [1.29, 1.82) is 0 Å². The molecule has 1 aliphatic heterocycles. The molecule has 0 unspecified atom stereocenters. The third-order valence-electron chi connectivity index (χ3n) is 3.88. The number of nitrogens with one attached hydrogen (secondary N) is 1. The van der Waals surface area contributed by atoms with Gasteiger partial charge >= 0.3 is 0 Å². The van der Waals surface area contributed by atoms with E-state index in [2.05, 4.69) is 38.2 Å². The van der Waals surface area contributed by atoms with Crippen molar-refractivity contribution in [1.82, 2.24) is 5.32 Å². The molecular weight excluding hydrogens is 322 g/mol. The summed E-state index contributed by atoms with van der Waals surface area (Å²) in [5, 5.41) is 2.95. The van der Waals surface area contributed by atoms with Gasteiger partial charge in [-0.1, -0.05) is 23.8 Å². The largest absolute Gasteiger partial charge is 0.454 e. The Morgan fingerprint density at radius 2 is 1.79 bits per heavy atom. The van der Waals surface area contributed by atoms with E-state index in [1.54, 1.807) is 11.8 Å². The molecule has 0 atom stereocenters. The molecule has 2 aromatic rings. The zero-order valence-corrected chi connectivity index (χ0v) is 15.0. The maximum atomic E-state index is 12.1. The lowest BCUT2D eigenvalue weighted by Gasteiger charge is -2.11. The second kappa shape index (κ2) is 7.18. The minimum Gasteiger partial charge on any atom is -0.454 e. The first-order chi connectivity index (χ1) is 11.5. The van der Waals surface area contributed by atoms with Crippen molar-refractivity contribution < 1.29 is 14.3 Å². The van der Waals surface area contributed by atoms with E-state index in [4.69, 9.17) is 9.47 Å². The van der Waals surface area contributed by atoms with Crippen LogP contribution in [0.5, 0.6) is 11.5 Å². The summed E-state index contributed by atoms with van der Waals surface area (Å²) < 4.78 is 10.6. The third kappa shape index (κ3) is 3.85. The summed E-state index contributed by atoms with van der Waals surface area (Å²) in [6.45, 7) is 7.02. The number of hydrogen-bond acceptors (Lipinski definition) is 4. The van der Waals surface area contributed by atoms with Gasteiger partial charge in [0.25, 0.3) is 0 Å². The molecule has 0 saturated heterocycles. The number of amides is 1. The molecule has 0 aromatic heterocycles. The number of carbonyl (C=O) groups is 1. The first-order valence-corrected chi connectivity index (χ1v) is 8.87. The fourth-order valence-electron chi connectivity index (χ4n) is 2.83. The van der Waals surface area contributed by atoms with Crippen LogP contribution in [0.3, 0.4) is 0 Å². The van der Waals surface area contributed by atoms with Gasteiger partial charge in [-0.25, -0.2) is 0 Å². The number of benzene rings is 2. The van der Waals surface area contributed by atoms with Crippen LogP contribution in [0.4, 0.5) is 0 Å². The van der Waals surface area contributed by atoms with E-state index in [0.717, 1.165) is 17.1 Å². The Hall–Kier alpha value is -2.14. The Morgan fingerprint density at radius 1 is 1.08 bits per heavy atom. The highest BCUT2D eigenvalue weighted by Gasteiger charge is 2.13. The van der Waals surface area contributed by atoms with Crippen LogP contribution in [0.25, 0.3) is 0 Å². The van der Waals surface area contributed by atoms with Crippen LogP contribution in [0.15, 0.2) is 35.2 Å². The van der Waals surface area contributed by atoms with E-state index in [-0.39, 0.29) is 12.7 Å². The Bertz CT molecular complexity index is 750. The van der Waals surface area contributed by atoms with Crippen LogP contribution >= 0.6 is 11.8 Å². The summed E-state index contributed by atoms with van der Waals surface area (Å²) in [7, 11) is 0. The summed E-state index contributed by atoms with van der Waals surface area (Å²) in [6.07, 6.45) is 0. The number of fused-ring (bicyclic) bond motifs is 1. The van der Waals surface area contributed by atoms with Gasteiger partial charge in [-0.05, 0) is 49.6 Å². The van der Waals surface area contributed by atoms with Gasteiger partial charge in [0.2, 0.25) is 12.7 Å². The minimum absolute atomic E-state index is 0.0250. The number of carbonyl (C=O) groups excluding carboxylic acids is 1. The lowest BCUT2D eigenvalue weighted by molar-refractivity contribution is -0.118. The highest BCUT2D eigenvalue weighted by molar-refractivity contribution is 8.00. The van der Waals surface area contributed by atoms with Crippen LogP contribution < -0.4 is 14.8 Å². The van der Waals surface area contributed by atoms with Gasteiger partial charge in [0.1, 0.15) is 0 Å². The van der Waals surface area contributed by atoms with Crippen molar-refractivity contribution in [2.45, 2.75) is 32.2 Å². The molecule has 0 radical (unpaired) electrons. The van der Waals surface area contributed by atoms with Gasteiger partial charge in [0.15, 0.2) is 11.5 Å². The number of hydrogen-bond donors (Lipinski definition) is 1. The van der Waals surface area contributed by atoms with Crippen molar-refractivity contribution in [2.75, 3.05) is 12.5 Å². The SMILES string of the molecule is Cc1cc(C)c(SCC(=O)NCc2ccc3c(c2)OCO3)c(C)c1. The van der Waals surface area contributed by atoms with Crippen LogP contribution in [0.1, 0.15) is 22.3 Å². The second-order valence-electron chi connectivity index (χ2n) is 5.98. The van der Waals surface area contributed by atoms with Crippen molar-refractivity contribution >= 4 is 17.7 Å². The van der Waals surface area contributed by atoms with Crippen molar-refractivity contribution in [3.05, 3.63) is 52.6 Å². The average molecular weight is 343 g/mol. The van der Waals surface area contributed by atoms with Crippen molar-refractivity contribution in [3.63, 3.8) is 0 Å². The van der Waals surface area contributed by atoms with Crippen LogP contribution in [-0.2, 0) is 11.3 Å². The lowest BCUT2D eigenvalue weighted by Crippen LogP contribution is -2.24. The average Bonchev–Trinajstić information content (AvgIpc) is 2.99. The summed E-state index contributed by atoms with van der Waals surface area (Å²) in [4.78, 5) is 13.3. The predicted octanol–water partition coefficient (Wildman–Crippen LogP) is 3.75. The minimum atomic E-state index is 0.0250.